The van der Waals surface area contributed by atoms with Crippen molar-refractivity contribution in [3.8, 4) is 0 Å². The molecule has 5 nitrogen and oxygen atoms in total. The third kappa shape index (κ3) is 4.36. The molecule has 1 aliphatic heterocycles. The van der Waals surface area contributed by atoms with E-state index in [4.69, 9.17) is 0 Å². The molecule has 1 unspecified atom stereocenters. The number of nitrogens with zero attached hydrogens (tertiary/aromatic N) is 2. The Balaban J connectivity index is 1.39. The number of urea groups is 1. The summed E-state index contributed by atoms with van der Waals surface area (Å²) in [6.45, 7) is 1.07. The molecule has 144 valence electrons. The van der Waals surface area contributed by atoms with E-state index in [2.05, 4.69) is 15.7 Å². The van der Waals surface area contributed by atoms with Crippen LogP contribution in [0.2, 0.25) is 0 Å². The number of fused-ring (bicyclic) bond motifs is 1. The van der Waals surface area contributed by atoms with Gasteiger partial charge in [0.2, 0.25) is 0 Å². The topological polar surface area (TPSA) is 59.0 Å². The molecule has 2 N–H and O–H groups in total. The highest BCUT2D eigenvalue weighted by Gasteiger charge is 2.22. The first-order valence-electron chi connectivity index (χ1n) is 9.20. The second kappa shape index (κ2) is 8.48. The third-order valence-electron chi connectivity index (χ3n) is 4.77. The number of halogens is 1. The van der Waals surface area contributed by atoms with Crippen LogP contribution in [0.4, 0.5) is 9.18 Å². The minimum atomic E-state index is -0.277. The fourth-order valence-corrected chi connectivity index (χ4v) is 4.46. The van der Waals surface area contributed by atoms with Gasteiger partial charge in [-0.25, -0.2) is 9.18 Å². The molecule has 0 aliphatic carbocycles. The Morgan fingerprint density at radius 2 is 2.07 bits per heavy atom. The van der Waals surface area contributed by atoms with Crippen LogP contribution < -0.4 is 10.6 Å². The number of hydrogen-bond acceptors (Lipinski definition) is 3. The first-order chi connectivity index (χ1) is 13.7. The first-order valence-corrected chi connectivity index (χ1v) is 10.2. The van der Waals surface area contributed by atoms with Crippen LogP contribution >= 0.6 is 11.8 Å². The zero-order valence-corrected chi connectivity index (χ0v) is 16.1. The largest absolute Gasteiger partial charge is 0.334 e. The van der Waals surface area contributed by atoms with Gasteiger partial charge in [-0.15, -0.1) is 11.8 Å². The molecule has 2 aromatic carbocycles. The molecule has 0 bridgehead atoms. The van der Waals surface area contributed by atoms with E-state index in [1.165, 1.54) is 12.1 Å². The summed E-state index contributed by atoms with van der Waals surface area (Å²) in [4.78, 5) is 13.5. The van der Waals surface area contributed by atoms with E-state index in [-0.39, 0.29) is 17.9 Å². The zero-order valence-electron chi connectivity index (χ0n) is 15.3. The number of carbonyl (C=O) groups excluding carboxylic acids is 1. The molecule has 4 rings (SSSR count). The maximum atomic E-state index is 13.6. The van der Waals surface area contributed by atoms with Crippen LogP contribution in [0.15, 0.2) is 65.8 Å². The molecule has 28 heavy (non-hydrogen) atoms. The van der Waals surface area contributed by atoms with Crippen molar-refractivity contribution in [3.05, 3.63) is 83.4 Å². The van der Waals surface area contributed by atoms with Gasteiger partial charge in [-0.3, -0.25) is 4.68 Å². The molecular formula is C21H21FN4OS. The van der Waals surface area contributed by atoms with Gasteiger partial charge in [0.15, 0.2) is 0 Å². The summed E-state index contributed by atoms with van der Waals surface area (Å²) in [5, 5.41) is 10.2. The SMILES string of the molecule is O=C(NCc1ccccc1Cn1cccn1)NC1CCSc2ccc(F)cc21. The van der Waals surface area contributed by atoms with E-state index in [1.54, 1.807) is 24.0 Å². The Labute approximate surface area is 167 Å². The smallest absolute Gasteiger partial charge is 0.315 e. The Bertz CT molecular complexity index is 961. The number of aromatic nitrogens is 2. The van der Waals surface area contributed by atoms with Gasteiger partial charge in [-0.05, 0) is 47.4 Å². The first kappa shape index (κ1) is 18.6. The average Bonchev–Trinajstić information content (AvgIpc) is 3.21. The highest BCUT2D eigenvalue weighted by Crippen LogP contribution is 2.36. The highest BCUT2D eigenvalue weighted by molar-refractivity contribution is 7.99. The number of amides is 2. The molecule has 3 aromatic rings. The van der Waals surface area contributed by atoms with Crippen molar-refractivity contribution < 1.29 is 9.18 Å². The van der Waals surface area contributed by atoms with Crippen molar-refractivity contribution in [1.82, 2.24) is 20.4 Å². The average molecular weight is 396 g/mol. The van der Waals surface area contributed by atoms with Crippen molar-refractivity contribution in [2.75, 3.05) is 5.75 Å². The maximum Gasteiger partial charge on any atom is 0.315 e. The maximum absolute atomic E-state index is 13.6. The summed E-state index contributed by atoms with van der Waals surface area (Å²) in [6.07, 6.45) is 4.44. The van der Waals surface area contributed by atoms with Crippen molar-refractivity contribution >= 4 is 17.8 Å². The highest BCUT2D eigenvalue weighted by atomic mass is 32.2. The standard InChI is InChI=1S/C21H21FN4OS/c22-17-6-7-20-18(12-17)19(8-11-28-20)25-21(27)23-13-15-4-1-2-5-16(15)14-26-10-3-9-24-26/h1-7,9-10,12,19H,8,11,13-14H2,(H2,23,25,27). The van der Waals surface area contributed by atoms with Crippen molar-refractivity contribution in [1.29, 1.82) is 0 Å². The number of nitrogens with one attached hydrogen (secondary N) is 2. The van der Waals surface area contributed by atoms with Crippen molar-refractivity contribution in [2.45, 2.75) is 30.4 Å². The van der Waals surface area contributed by atoms with Gasteiger partial charge in [-0.2, -0.15) is 5.10 Å². The van der Waals surface area contributed by atoms with Crippen LogP contribution in [0, 0.1) is 5.82 Å². The number of benzene rings is 2. The molecule has 2 heterocycles. The lowest BCUT2D eigenvalue weighted by atomic mass is 10.0. The molecule has 1 atom stereocenters. The van der Waals surface area contributed by atoms with Crippen molar-refractivity contribution in [2.24, 2.45) is 0 Å². The Morgan fingerprint density at radius 3 is 2.89 bits per heavy atom. The minimum absolute atomic E-state index is 0.175. The minimum Gasteiger partial charge on any atom is -0.334 e. The number of thioether (sulfide) groups is 1. The lowest BCUT2D eigenvalue weighted by Crippen LogP contribution is -2.38. The van der Waals surface area contributed by atoms with E-state index in [1.807, 2.05) is 41.2 Å². The summed E-state index contributed by atoms with van der Waals surface area (Å²) in [7, 11) is 0. The van der Waals surface area contributed by atoms with Crippen LogP contribution in [0.5, 0.6) is 0 Å². The second-order valence-electron chi connectivity index (χ2n) is 6.67. The molecule has 0 radical (unpaired) electrons. The molecule has 0 spiro atoms. The third-order valence-corrected chi connectivity index (χ3v) is 5.89. The van der Waals surface area contributed by atoms with E-state index in [9.17, 15) is 9.18 Å². The summed E-state index contributed by atoms with van der Waals surface area (Å²) in [5.41, 5.74) is 3.00. The fourth-order valence-electron chi connectivity index (χ4n) is 3.35. The van der Waals surface area contributed by atoms with Crippen LogP contribution in [0.3, 0.4) is 0 Å². The number of carbonyl (C=O) groups is 1. The van der Waals surface area contributed by atoms with Crippen LogP contribution in [0.25, 0.3) is 0 Å². The predicted molar refractivity (Wildman–Crippen MR) is 108 cm³/mol. The predicted octanol–water partition coefficient (Wildman–Crippen LogP) is 4.11. The Morgan fingerprint density at radius 1 is 1.21 bits per heavy atom. The summed E-state index contributed by atoms with van der Waals surface area (Å²) < 4.78 is 15.5. The number of rotatable bonds is 5. The molecule has 2 amide bonds. The van der Waals surface area contributed by atoms with Gasteiger partial charge in [0.1, 0.15) is 5.82 Å². The summed E-state index contributed by atoms with van der Waals surface area (Å²) in [5.74, 6) is 0.622. The van der Waals surface area contributed by atoms with E-state index in [0.717, 1.165) is 33.8 Å². The second-order valence-corrected chi connectivity index (χ2v) is 7.81. The molecule has 1 aromatic heterocycles. The van der Waals surface area contributed by atoms with E-state index >= 15 is 0 Å². The Kier molecular flexibility index (Phi) is 5.62. The molecule has 0 fully saturated rings. The molecule has 1 aliphatic rings. The molecule has 7 heteroatoms. The molecule has 0 saturated heterocycles. The molecule has 0 saturated carbocycles. The van der Waals surface area contributed by atoms with Crippen LogP contribution in [0.1, 0.15) is 29.2 Å². The van der Waals surface area contributed by atoms with E-state index < -0.39 is 0 Å². The number of hydrogen-bond donors (Lipinski definition) is 2. The lowest BCUT2D eigenvalue weighted by Gasteiger charge is -2.26. The van der Waals surface area contributed by atoms with Gasteiger partial charge in [0, 0.05) is 29.6 Å². The zero-order chi connectivity index (χ0) is 19.3. The monoisotopic (exact) mass is 396 g/mol. The Hall–Kier alpha value is -2.80. The summed E-state index contributed by atoms with van der Waals surface area (Å²) >= 11 is 1.70. The molecular weight excluding hydrogens is 375 g/mol. The quantitative estimate of drug-likeness (QED) is 0.682. The normalized spacial score (nSPS) is 15.7. The fraction of sp³-hybridized carbons (Fsp3) is 0.238. The van der Waals surface area contributed by atoms with Gasteiger partial charge >= 0.3 is 6.03 Å². The van der Waals surface area contributed by atoms with Gasteiger partial charge in [0.05, 0.1) is 12.6 Å². The van der Waals surface area contributed by atoms with Crippen LogP contribution in [-0.4, -0.2) is 21.6 Å². The lowest BCUT2D eigenvalue weighted by molar-refractivity contribution is 0.236. The summed E-state index contributed by atoms with van der Waals surface area (Å²) in [6, 6.07) is 14.2. The van der Waals surface area contributed by atoms with Gasteiger partial charge in [0.25, 0.3) is 0 Å². The van der Waals surface area contributed by atoms with Gasteiger partial charge in [-0.1, -0.05) is 24.3 Å². The van der Waals surface area contributed by atoms with Crippen molar-refractivity contribution in [3.63, 3.8) is 0 Å². The van der Waals surface area contributed by atoms with Gasteiger partial charge < -0.3 is 10.6 Å². The van der Waals surface area contributed by atoms with Crippen LogP contribution in [-0.2, 0) is 13.1 Å². The van der Waals surface area contributed by atoms with E-state index in [0.29, 0.717) is 13.1 Å².